The lowest BCUT2D eigenvalue weighted by molar-refractivity contribution is 0.414. The molecule has 0 radical (unpaired) electrons. The number of aromatic nitrogens is 5. The zero-order valence-electron chi connectivity index (χ0n) is 18.7. The number of aryl methyl sites for hydroxylation is 1. The average Bonchev–Trinajstić information content (AvgIpc) is 3.60. The number of methoxy groups -OCH3 is 1. The Hall–Kier alpha value is -3.36. The van der Waals surface area contributed by atoms with E-state index in [-0.39, 0.29) is 6.04 Å². The van der Waals surface area contributed by atoms with Gasteiger partial charge in [0.15, 0.2) is 0 Å². The van der Waals surface area contributed by atoms with Crippen molar-refractivity contribution in [3.63, 3.8) is 0 Å². The Morgan fingerprint density at radius 3 is 2.16 bits per heavy atom. The number of anilines is 3. The normalized spacial score (nSPS) is 17.1. The van der Waals surface area contributed by atoms with Gasteiger partial charge in [-0.15, -0.1) is 0 Å². The topological polar surface area (TPSA) is 84.2 Å². The number of hydrogen-bond acceptors (Lipinski definition) is 8. The summed E-state index contributed by atoms with van der Waals surface area (Å²) in [6.07, 6.45) is 8.45. The Kier molecular flexibility index (Phi) is 5.79. The van der Waals surface area contributed by atoms with Crippen LogP contribution in [-0.2, 0) is 7.05 Å². The molecule has 0 bridgehead atoms. The lowest BCUT2D eigenvalue weighted by Crippen LogP contribution is -2.27. The lowest BCUT2D eigenvalue weighted by atomic mass is 10.1. The second kappa shape index (κ2) is 9.02. The van der Waals surface area contributed by atoms with Crippen molar-refractivity contribution in [3.05, 3.63) is 48.0 Å². The van der Waals surface area contributed by atoms with Crippen LogP contribution in [0.25, 0.3) is 0 Å². The number of nitrogens with zero attached hydrogens (tertiary/aromatic N) is 7. The smallest absolute Gasteiger partial charge is 0.231 e. The van der Waals surface area contributed by atoms with Gasteiger partial charge in [0.05, 0.1) is 7.11 Å². The first-order chi connectivity index (χ1) is 15.7. The van der Waals surface area contributed by atoms with Crippen LogP contribution in [-0.4, -0.2) is 57.8 Å². The second-order valence-corrected chi connectivity index (χ2v) is 8.40. The molecule has 3 aromatic rings. The molecule has 2 aliphatic heterocycles. The van der Waals surface area contributed by atoms with Gasteiger partial charge in [0.1, 0.15) is 17.6 Å². The molecule has 32 heavy (non-hydrogen) atoms. The van der Waals surface area contributed by atoms with Crippen molar-refractivity contribution in [2.45, 2.75) is 31.7 Å². The highest BCUT2D eigenvalue weighted by Crippen LogP contribution is 2.29. The molecule has 2 aromatic heterocycles. The third kappa shape index (κ3) is 4.19. The summed E-state index contributed by atoms with van der Waals surface area (Å²) >= 11 is 0. The van der Waals surface area contributed by atoms with Crippen molar-refractivity contribution in [2.24, 2.45) is 7.05 Å². The van der Waals surface area contributed by atoms with Crippen LogP contribution in [0.3, 0.4) is 0 Å². The molecule has 4 heterocycles. The SMILES string of the molecule is COc1cccc(C(Nc2nc(N3CCCC3)nc(N3CCCC3)n2)c2nccn2C)c1. The number of nitrogens with one attached hydrogen (secondary N) is 1. The van der Waals surface area contributed by atoms with Crippen LogP contribution >= 0.6 is 0 Å². The van der Waals surface area contributed by atoms with Crippen molar-refractivity contribution >= 4 is 17.8 Å². The van der Waals surface area contributed by atoms with Gasteiger partial charge in [-0.2, -0.15) is 15.0 Å². The Morgan fingerprint density at radius 2 is 1.59 bits per heavy atom. The molecule has 9 heteroatoms. The largest absolute Gasteiger partial charge is 0.497 e. The molecule has 0 spiro atoms. The van der Waals surface area contributed by atoms with Gasteiger partial charge in [0.2, 0.25) is 17.8 Å². The minimum absolute atomic E-state index is 0.231. The third-order valence-corrected chi connectivity index (χ3v) is 6.21. The summed E-state index contributed by atoms with van der Waals surface area (Å²) in [7, 11) is 3.68. The maximum Gasteiger partial charge on any atom is 0.231 e. The van der Waals surface area contributed by atoms with E-state index < -0.39 is 0 Å². The fraction of sp³-hybridized carbons (Fsp3) is 0.478. The molecule has 168 valence electrons. The van der Waals surface area contributed by atoms with Gasteiger partial charge in [-0.25, -0.2) is 4.98 Å². The Bertz CT molecular complexity index is 1020. The molecule has 1 unspecified atom stereocenters. The maximum atomic E-state index is 5.47. The summed E-state index contributed by atoms with van der Waals surface area (Å²) in [5.74, 6) is 3.76. The Labute approximate surface area is 188 Å². The summed E-state index contributed by atoms with van der Waals surface area (Å²) in [5.41, 5.74) is 1.03. The summed E-state index contributed by atoms with van der Waals surface area (Å²) in [6.45, 7) is 3.95. The molecule has 9 nitrogen and oxygen atoms in total. The van der Waals surface area contributed by atoms with E-state index >= 15 is 0 Å². The lowest BCUT2D eigenvalue weighted by Gasteiger charge is -2.23. The fourth-order valence-corrected chi connectivity index (χ4v) is 4.44. The summed E-state index contributed by atoms with van der Waals surface area (Å²) in [5, 5.41) is 3.56. The molecule has 1 atom stereocenters. The first kappa shape index (κ1) is 20.5. The first-order valence-corrected chi connectivity index (χ1v) is 11.3. The molecule has 1 aromatic carbocycles. The van der Waals surface area contributed by atoms with Crippen LogP contribution in [0.1, 0.15) is 43.1 Å². The van der Waals surface area contributed by atoms with Crippen LogP contribution in [0.2, 0.25) is 0 Å². The van der Waals surface area contributed by atoms with Gasteiger partial charge in [-0.3, -0.25) is 0 Å². The molecule has 2 saturated heterocycles. The zero-order valence-corrected chi connectivity index (χ0v) is 18.7. The summed E-state index contributed by atoms with van der Waals surface area (Å²) in [6, 6.07) is 7.80. The quantitative estimate of drug-likeness (QED) is 0.608. The van der Waals surface area contributed by atoms with E-state index in [4.69, 9.17) is 19.7 Å². The van der Waals surface area contributed by atoms with Crippen LogP contribution in [0.15, 0.2) is 36.7 Å². The molecule has 0 aliphatic carbocycles. The van der Waals surface area contributed by atoms with Gasteiger partial charge in [0, 0.05) is 45.6 Å². The van der Waals surface area contributed by atoms with Crippen molar-refractivity contribution in [2.75, 3.05) is 48.4 Å². The molecule has 2 aliphatic rings. The maximum absolute atomic E-state index is 5.47. The number of rotatable bonds is 7. The molecule has 5 rings (SSSR count). The second-order valence-electron chi connectivity index (χ2n) is 8.40. The van der Waals surface area contributed by atoms with Gasteiger partial charge >= 0.3 is 0 Å². The van der Waals surface area contributed by atoms with E-state index in [9.17, 15) is 0 Å². The van der Waals surface area contributed by atoms with Crippen molar-refractivity contribution < 1.29 is 4.74 Å². The van der Waals surface area contributed by atoms with Crippen molar-refractivity contribution in [3.8, 4) is 5.75 Å². The number of imidazole rings is 1. The van der Waals surface area contributed by atoms with Crippen molar-refractivity contribution in [1.82, 2.24) is 24.5 Å². The van der Waals surface area contributed by atoms with E-state index in [1.165, 1.54) is 25.7 Å². The average molecular weight is 435 g/mol. The monoisotopic (exact) mass is 434 g/mol. The summed E-state index contributed by atoms with van der Waals surface area (Å²) in [4.78, 5) is 23.6. The van der Waals surface area contributed by atoms with Crippen LogP contribution < -0.4 is 19.9 Å². The third-order valence-electron chi connectivity index (χ3n) is 6.21. The molecular weight excluding hydrogens is 404 g/mol. The van der Waals surface area contributed by atoms with Gasteiger partial charge in [-0.1, -0.05) is 12.1 Å². The van der Waals surface area contributed by atoms with Crippen LogP contribution in [0.5, 0.6) is 5.75 Å². The van der Waals surface area contributed by atoms with Gasteiger partial charge in [0.25, 0.3) is 0 Å². The molecule has 0 amide bonds. The number of benzene rings is 1. The van der Waals surface area contributed by atoms with Crippen LogP contribution in [0.4, 0.5) is 17.8 Å². The zero-order chi connectivity index (χ0) is 21.9. The van der Waals surface area contributed by atoms with E-state index in [0.29, 0.717) is 5.95 Å². The summed E-state index contributed by atoms with van der Waals surface area (Å²) < 4.78 is 7.48. The van der Waals surface area contributed by atoms with Gasteiger partial charge < -0.3 is 24.4 Å². The fourth-order valence-electron chi connectivity index (χ4n) is 4.44. The molecule has 0 saturated carbocycles. The predicted octanol–water partition coefficient (Wildman–Crippen LogP) is 3.02. The molecule has 1 N–H and O–H groups in total. The van der Waals surface area contributed by atoms with Crippen molar-refractivity contribution in [1.29, 1.82) is 0 Å². The Balaban J connectivity index is 1.54. The molecule has 2 fully saturated rings. The highest BCUT2D eigenvalue weighted by Gasteiger charge is 2.25. The molecular formula is C23H30N8O. The van der Waals surface area contributed by atoms with E-state index in [1.807, 2.05) is 42.2 Å². The first-order valence-electron chi connectivity index (χ1n) is 11.3. The number of ether oxygens (including phenoxy) is 1. The predicted molar refractivity (Wildman–Crippen MR) is 124 cm³/mol. The minimum Gasteiger partial charge on any atom is -0.497 e. The van der Waals surface area contributed by atoms with Gasteiger partial charge in [-0.05, 0) is 43.4 Å². The standard InChI is InChI=1S/C23H30N8O/c1-29-15-10-24-20(29)19(17-8-7-9-18(16-17)32-2)25-21-26-22(30-11-3-4-12-30)28-23(27-21)31-13-5-6-14-31/h7-10,15-16,19H,3-6,11-14H2,1-2H3,(H,25,26,27,28). The Morgan fingerprint density at radius 1 is 0.938 bits per heavy atom. The van der Waals surface area contributed by atoms with E-state index in [0.717, 1.165) is 55.2 Å². The highest BCUT2D eigenvalue weighted by molar-refractivity contribution is 5.48. The minimum atomic E-state index is -0.231. The highest BCUT2D eigenvalue weighted by atomic mass is 16.5. The van der Waals surface area contributed by atoms with Crippen LogP contribution in [0, 0.1) is 0 Å². The number of hydrogen-bond donors (Lipinski definition) is 1. The van der Waals surface area contributed by atoms with E-state index in [2.05, 4.69) is 26.2 Å². The van der Waals surface area contributed by atoms with E-state index in [1.54, 1.807) is 7.11 Å².